The first kappa shape index (κ1) is 12.2. The van der Waals surface area contributed by atoms with Gasteiger partial charge >= 0.3 is 0 Å². The van der Waals surface area contributed by atoms with E-state index in [0.29, 0.717) is 4.99 Å². The Hall–Kier alpha value is -1.27. The second-order valence-corrected chi connectivity index (χ2v) is 4.73. The van der Waals surface area contributed by atoms with Crippen LogP contribution in [-0.2, 0) is 4.74 Å². The summed E-state index contributed by atoms with van der Waals surface area (Å²) in [6.45, 7) is 5.64. The summed E-state index contributed by atoms with van der Waals surface area (Å²) >= 11 is 5.03. The van der Waals surface area contributed by atoms with Crippen LogP contribution in [0.15, 0.2) is 12.3 Å². The van der Waals surface area contributed by atoms with E-state index in [1.807, 2.05) is 13.8 Å². The monoisotopic (exact) mass is 252 g/mol. The van der Waals surface area contributed by atoms with Gasteiger partial charge in [-0.3, -0.25) is 0 Å². The van der Waals surface area contributed by atoms with E-state index in [2.05, 4.69) is 15.1 Å². The Morgan fingerprint density at radius 3 is 2.71 bits per heavy atom. The molecule has 2 unspecified atom stereocenters. The first-order valence-electron chi connectivity index (χ1n) is 5.60. The predicted molar refractivity (Wildman–Crippen MR) is 70.1 cm³/mol. The fourth-order valence-electron chi connectivity index (χ4n) is 2.10. The largest absolute Gasteiger partial charge is 0.389 e. The van der Waals surface area contributed by atoms with Crippen LogP contribution in [0.2, 0.25) is 0 Å². The van der Waals surface area contributed by atoms with Gasteiger partial charge < -0.3 is 15.4 Å². The SMILES string of the molecule is CC1CN(c2nnccc2C(N)=S)CC(C)O1. The van der Waals surface area contributed by atoms with Gasteiger partial charge in [0.25, 0.3) is 0 Å². The van der Waals surface area contributed by atoms with Crippen LogP contribution in [0.4, 0.5) is 5.82 Å². The zero-order chi connectivity index (χ0) is 12.4. The summed E-state index contributed by atoms with van der Waals surface area (Å²) in [5.74, 6) is 0.752. The lowest BCUT2D eigenvalue weighted by atomic mass is 10.2. The number of morpholine rings is 1. The lowest BCUT2D eigenvalue weighted by Crippen LogP contribution is -2.46. The molecule has 1 aliphatic rings. The maximum absolute atomic E-state index is 5.70. The van der Waals surface area contributed by atoms with Crippen LogP contribution >= 0.6 is 12.2 Å². The maximum Gasteiger partial charge on any atom is 0.161 e. The molecular weight excluding hydrogens is 236 g/mol. The second kappa shape index (κ2) is 4.93. The number of rotatable bonds is 2. The van der Waals surface area contributed by atoms with E-state index in [-0.39, 0.29) is 12.2 Å². The third-order valence-electron chi connectivity index (χ3n) is 2.69. The predicted octanol–water partition coefficient (Wildman–Crippen LogP) is 0.724. The van der Waals surface area contributed by atoms with Crippen molar-refractivity contribution in [1.29, 1.82) is 0 Å². The molecule has 2 atom stereocenters. The van der Waals surface area contributed by atoms with E-state index < -0.39 is 0 Å². The lowest BCUT2D eigenvalue weighted by molar-refractivity contribution is -0.00551. The molecular formula is C11H16N4OS. The van der Waals surface area contributed by atoms with Gasteiger partial charge in [-0.15, -0.1) is 5.10 Å². The molecule has 0 aromatic carbocycles. The molecule has 0 aliphatic carbocycles. The maximum atomic E-state index is 5.70. The van der Waals surface area contributed by atoms with Gasteiger partial charge in [0.05, 0.1) is 24.0 Å². The third kappa shape index (κ3) is 2.70. The molecule has 0 saturated carbocycles. The minimum Gasteiger partial charge on any atom is -0.389 e. The minimum absolute atomic E-state index is 0.167. The average Bonchev–Trinajstić information content (AvgIpc) is 2.27. The van der Waals surface area contributed by atoms with E-state index in [1.165, 1.54) is 0 Å². The molecule has 17 heavy (non-hydrogen) atoms. The highest BCUT2D eigenvalue weighted by atomic mass is 32.1. The Labute approximate surface area is 106 Å². The standard InChI is InChI=1S/C11H16N4OS/c1-7-5-15(6-8(2)16-7)11-9(10(12)17)3-4-13-14-11/h3-4,7-8H,5-6H2,1-2H3,(H2,12,17). The molecule has 6 heteroatoms. The highest BCUT2D eigenvalue weighted by molar-refractivity contribution is 7.80. The van der Waals surface area contributed by atoms with Crippen LogP contribution in [0, 0.1) is 0 Å². The molecule has 1 aromatic rings. The van der Waals surface area contributed by atoms with Crippen LogP contribution in [-0.4, -0.2) is 40.5 Å². The van der Waals surface area contributed by atoms with Gasteiger partial charge in [-0.05, 0) is 19.9 Å². The van der Waals surface area contributed by atoms with Crippen molar-refractivity contribution in [3.8, 4) is 0 Å². The van der Waals surface area contributed by atoms with Crippen LogP contribution in [0.3, 0.4) is 0 Å². The third-order valence-corrected chi connectivity index (χ3v) is 2.91. The fraction of sp³-hybridized carbons (Fsp3) is 0.545. The number of thiocarbonyl (C=S) groups is 1. The van der Waals surface area contributed by atoms with Gasteiger partial charge in [-0.25, -0.2) is 0 Å². The molecule has 2 rings (SSSR count). The highest BCUT2D eigenvalue weighted by Gasteiger charge is 2.25. The first-order valence-corrected chi connectivity index (χ1v) is 6.00. The zero-order valence-corrected chi connectivity index (χ0v) is 10.8. The molecule has 1 aliphatic heterocycles. The summed E-state index contributed by atoms with van der Waals surface area (Å²) in [6, 6.07) is 1.80. The van der Waals surface area contributed by atoms with Gasteiger partial charge in [-0.1, -0.05) is 12.2 Å². The Morgan fingerprint density at radius 2 is 2.12 bits per heavy atom. The minimum atomic E-state index is 0.167. The van der Waals surface area contributed by atoms with Gasteiger partial charge in [0.1, 0.15) is 4.99 Å². The van der Waals surface area contributed by atoms with Gasteiger partial charge in [0.15, 0.2) is 5.82 Å². The van der Waals surface area contributed by atoms with E-state index in [0.717, 1.165) is 24.5 Å². The van der Waals surface area contributed by atoms with Crippen molar-refractivity contribution in [2.75, 3.05) is 18.0 Å². The van der Waals surface area contributed by atoms with Crippen LogP contribution in [0.5, 0.6) is 0 Å². The molecule has 0 amide bonds. The van der Waals surface area contributed by atoms with Crippen molar-refractivity contribution in [3.63, 3.8) is 0 Å². The number of ether oxygens (including phenoxy) is 1. The number of hydrogen-bond acceptors (Lipinski definition) is 5. The van der Waals surface area contributed by atoms with Crippen molar-refractivity contribution < 1.29 is 4.74 Å². The Morgan fingerprint density at radius 1 is 1.47 bits per heavy atom. The van der Waals surface area contributed by atoms with Crippen LogP contribution < -0.4 is 10.6 Å². The van der Waals surface area contributed by atoms with Gasteiger partial charge in [-0.2, -0.15) is 5.10 Å². The fourth-order valence-corrected chi connectivity index (χ4v) is 2.26. The average molecular weight is 252 g/mol. The molecule has 1 saturated heterocycles. The quantitative estimate of drug-likeness (QED) is 0.783. The molecule has 92 valence electrons. The molecule has 1 aromatic heterocycles. The smallest absolute Gasteiger partial charge is 0.161 e. The molecule has 0 bridgehead atoms. The number of aromatic nitrogens is 2. The van der Waals surface area contributed by atoms with Crippen molar-refractivity contribution in [2.24, 2.45) is 5.73 Å². The molecule has 5 nitrogen and oxygen atoms in total. The number of hydrogen-bond donors (Lipinski definition) is 1. The summed E-state index contributed by atoms with van der Waals surface area (Å²) in [7, 11) is 0. The summed E-state index contributed by atoms with van der Waals surface area (Å²) in [5.41, 5.74) is 6.47. The second-order valence-electron chi connectivity index (χ2n) is 4.30. The number of anilines is 1. The molecule has 0 radical (unpaired) electrons. The van der Waals surface area contributed by atoms with Crippen molar-refractivity contribution >= 4 is 23.0 Å². The van der Waals surface area contributed by atoms with E-state index in [1.54, 1.807) is 12.3 Å². The van der Waals surface area contributed by atoms with Crippen LogP contribution in [0.25, 0.3) is 0 Å². The zero-order valence-electron chi connectivity index (χ0n) is 9.96. The first-order chi connectivity index (χ1) is 8.08. The Balaban J connectivity index is 2.30. The summed E-state index contributed by atoms with van der Waals surface area (Å²) in [4.78, 5) is 2.47. The Bertz CT molecular complexity index is 416. The van der Waals surface area contributed by atoms with E-state index >= 15 is 0 Å². The van der Waals surface area contributed by atoms with Gasteiger partial charge in [0, 0.05) is 13.1 Å². The lowest BCUT2D eigenvalue weighted by Gasteiger charge is -2.36. The van der Waals surface area contributed by atoms with Crippen molar-refractivity contribution in [2.45, 2.75) is 26.1 Å². The number of nitrogens with two attached hydrogens (primary N) is 1. The molecule has 2 N–H and O–H groups in total. The summed E-state index contributed by atoms with van der Waals surface area (Å²) in [6.07, 6.45) is 1.94. The molecule has 1 fully saturated rings. The van der Waals surface area contributed by atoms with Crippen molar-refractivity contribution in [1.82, 2.24) is 10.2 Å². The van der Waals surface area contributed by atoms with E-state index in [4.69, 9.17) is 22.7 Å². The number of nitrogens with zero attached hydrogens (tertiary/aromatic N) is 3. The van der Waals surface area contributed by atoms with Crippen molar-refractivity contribution in [3.05, 3.63) is 17.8 Å². The van der Waals surface area contributed by atoms with Gasteiger partial charge in [0.2, 0.25) is 0 Å². The summed E-state index contributed by atoms with van der Waals surface area (Å²) in [5, 5.41) is 8.05. The topological polar surface area (TPSA) is 64.3 Å². The normalized spacial score (nSPS) is 24.7. The molecule has 0 spiro atoms. The molecule has 2 heterocycles. The summed E-state index contributed by atoms with van der Waals surface area (Å²) < 4.78 is 5.68. The Kier molecular flexibility index (Phi) is 3.54. The van der Waals surface area contributed by atoms with Crippen LogP contribution in [0.1, 0.15) is 19.4 Å². The highest BCUT2D eigenvalue weighted by Crippen LogP contribution is 2.21. The van der Waals surface area contributed by atoms with E-state index in [9.17, 15) is 0 Å².